The van der Waals surface area contributed by atoms with E-state index in [1.807, 2.05) is 18.2 Å². The monoisotopic (exact) mass is 563 g/mol. The molecule has 0 aliphatic heterocycles. The van der Waals surface area contributed by atoms with Gasteiger partial charge in [0.05, 0.1) is 35.6 Å². The second-order valence-corrected chi connectivity index (χ2v) is 10.1. The molecule has 5 rings (SSSR count). The van der Waals surface area contributed by atoms with Crippen LogP contribution in [0.25, 0.3) is 22.3 Å². The Balaban J connectivity index is 1.43. The van der Waals surface area contributed by atoms with E-state index in [9.17, 15) is 22.8 Å². The van der Waals surface area contributed by atoms with Crippen LogP contribution in [-0.2, 0) is 17.6 Å². The normalized spacial score (nSPS) is 14.9. The summed E-state index contributed by atoms with van der Waals surface area (Å²) in [6.07, 6.45) is 1.59. The second-order valence-electron chi connectivity index (χ2n) is 10.1. The molecule has 4 aromatic rings. The summed E-state index contributed by atoms with van der Waals surface area (Å²) in [7, 11) is 1.62. The van der Waals surface area contributed by atoms with Crippen molar-refractivity contribution in [3.8, 4) is 17.0 Å². The number of aromatic nitrogens is 2. The molecule has 1 atom stereocenters. The number of methoxy groups -OCH3 is 1. The summed E-state index contributed by atoms with van der Waals surface area (Å²) in [6.45, 7) is 0. The molecule has 0 fully saturated rings. The van der Waals surface area contributed by atoms with Gasteiger partial charge >= 0.3 is 11.9 Å². The van der Waals surface area contributed by atoms with Crippen molar-refractivity contribution in [2.45, 2.75) is 50.5 Å². The van der Waals surface area contributed by atoms with E-state index in [0.717, 1.165) is 36.1 Å². The molecule has 212 valence electrons. The van der Waals surface area contributed by atoms with E-state index in [4.69, 9.17) is 9.84 Å². The van der Waals surface area contributed by atoms with Crippen LogP contribution in [0.1, 0.15) is 58.9 Å². The summed E-state index contributed by atoms with van der Waals surface area (Å²) in [5, 5.41) is 11.9. The average Bonchev–Trinajstić information content (AvgIpc) is 2.96. The van der Waals surface area contributed by atoms with E-state index in [1.54, 1.807) is 25.3 Å². The molecule has 0 saturated carbocycles. The lowest BCUT2D eigenvalue weighted by molar-refractivity contribution is -0.165. The summed E-state index contributed by atoms with van der Waals surface area (Å²) < 4.78 is 46.3. The lowest BCUT2D eigenvalue weighted by Gasteiger charge is -2.27. The smallest absolute Gasteiger partial charge is 0.374 e. The highest BCUT2D eigenvalue weighted by molar-refractivity contribution is 5.97. The van der Waals surface area contributed by atoms with E-state index in [1.165, 1.54) is 24.3 Å². The van der Waals surface area contributed by atoms with Crippen LogP contribution in [0.5, 0.6) is 5.75 Å². The van der Waals surface area contributed by atoms with Crippen molar-refractivity contribution < 1.29 is 32.6 Å². The highest BCUT2D eigenvalue weighted by Crippen LogP contribution is 2.33. The molecule has 2 N–H and O–H groups in total. The summed E-state index contributed by atoms with van der Waals surface area (Å²) in [4.78, 5) is 33.4. The largest absolute Gasteiger partial charge is 0.497 e. The molecule has 0 bridgehead atoms. The van der Waals surface area contributed by atoms with Crippen LogP contribution in [0, 0.1) is 5.82 Å². The number of nitrogens with one attached hydrogen (secondary N) is 1. The number of fused-ring (bicyclic) bond motifs is 2. The van der Waals surface area contributed by atoms with Crippen LogP contribution in [-0.4, -0.2) is 40.0 Å². The number of aliphatic carboxylic acids is 1. The number of carboxylic acid groups (broad SMARTS) is 1. The van der Waals surface area contributed by atoms with Gasteiger partial charge in [-0.1, -0.05) is 6.07 Å². The van der Waals surface area contributed by atoms with Crippen LogP contribution >= 0.6 is 0 Å². The van der Waals surface area contributed by atoms with E-state index in [-0.39, 0.29) is 24.8 Å². The molecule has 1 aliphatic rings. The Morgan fingerprint density at radius 2 is 1.83 bits per heavy atom. The van der Waals surface area contributed by atoms with Crippen molar-refractivity contribution in [1.29, 1.82) is 0 Å². The van der Waals surface area contributed by atoms with Gasteiger partial charge in [0.2, 0.25) is 0 Å². The molecule has 0 spiro atoms. The first-order valence-corrected chi connectivity index (χ1v) is 13.3. The number of rotatable bonds is 9. The molecule has 1 aromatic heterocycles. The molecule has 0 unspecified atom stereocenters. The fourth-order valence-corrected chi connectivity index (χ4v) is 5.14. The molecule has 0 radical (unpaired) electrons. The molecule has 1 aliphatic carbocycles. The van der Waals surface area contributed by atoms with Gasteiger partial charge in [-0.3, -0.25) is 4.79 Å². The van der Waals surface area contributed by atoms with Crippen LogP contribution < -0.4 is 10.1 Å². The SMILES string of the molecule is COc1ccc2c(c1)CCC[C@H]2NC(=O)c1ccc2nc(-c3ccc(F)cc3)c(CCCC(F)(F)C(=O)O)nc2c1. The second kappa shape index (κ2) is 11.6. The van der Waals surface area contributed by atoms with Crippen molar-refractivity contribution in [3.05, 3.63) is 88.9 Å². The number of alkyl halides is 2. The number of nitrogens with zero attached hydrogens (tertiary/aromatic N) is 2. The van der Waals surface area contributed by atoms with Crippen molar-refractivity contribution >= 4 is 22.9 Å². The van der Waals surface area contributed by atoms with E-state index >= 15 is 0 Å². The predicted octanol–water partition coefficient (Wildman–Crippen LogP) is 6.29. The Morgan fingerprint density at radius 1 is 1.05 bits per heavy atom. The van der Waals surface area contributed by atoms with Gasteiger partial charge in [0.25, 0.3) is 5.91 Å². The molecule has 1 amide bonds. The number of aryl methyl sites for hydroxylation is 2. The van der Waals surface area contributed by atoms with Crippen molar-refractivity contribution in [2.24, 2.45) is 0 Å². The number of ether oxygens (including phenoxy) is 1. The fourth-order valence-electron chi connectivity index (χ4n) is 5.14. The quantitative estimate of drug-likeness (QED) is 0.248. The molecule has 0 saturated heterocycles. The van der Waals surface area contributed by atoms with E-state index in [0.29, 0.717) is 33.5 Å². The minimum Gasteiger partial charge on any atom is -0.497 e. The van der Waals surface area contributed by atoms with Gasteiger partial charge in [-0.25, -0.2) is 19.2 Å². The highest BCUT2D eigenvalue weighted by Gasteiger charge is 2.38. The number of hydrogen-bond acceptors (Lipinski definition) is 5. The standard InChI is InChI=1S/C31H28F3N3O4/c1-41-22-12-13-23-19(16-22)4-2-5-24(23)37-29(38)20-9-14-25-27(17-20)35-26(6-3-15-31(33,34)30(39)40)28(36-25)18-7-10-21(32)11-8-18/h7-14,16-17,24H,2-6,15H2,1H3,(H,37,38)(H,39,40)/t24-/m1/s1. The number of benzene rings is 3. The van der Waals surface area contributed by atoms with Crippen molar-refractivity contribution in [1.82, 2.24) is 15.3 Å². The van der Waals surface area contributed by atoms with Gasteiger partial charge < -0.3 is 15.2 Å². The van der Waals surface area contributed by atoms with Gasteiger partial charge in [0.15, 0.2) is 0 Å². The van der Waals surface area contributed by atoms with Gasteiger partial charge in [0.1, 0.15) is 11.6 Å². The zero-order valence-corrected chi connectivity index (χ0v) is 22.3. The number of carboxylic acids is 1. The highest BCUT2D eigenvalue weighted by atomic mass is 19.3. The predicted molar refractivity (Wildman–Crippen MR) is 147 cm³/mol. The van der Waals surface area contributed by atoms with E-state index < -0.39 is 24.1 Å². The Morgan fingerprint density at radius 3 is 2.56 bits per heavy atom. The third kappa shape index (κ3) is 6.16. The summed E-state index contributed by atoms with van der Waals surface area (Å²) >= 11 is 0. The average molecular weight is 564 g/mol. The first-order valence-electron chi connectivity index (χ1n) is 13.3. The molecular weight excluding hydrogens is 535 g/mol. The first kappa shape index (κ1) is 28.1. The molecule has 7 nitrogen and oxygen atoms in total. The van der Waals surface area contributed by atoms with Crippen molar-refractivity contribution in [3.63, 3.8) is 0 Å². The lowest BCUT2D eigenvalue weighted by atomic mass is 9.87. The zero-order valence-electron chi connectivity index (χ0n) is 22.3. The van der Waals surface area contributed by atoms with Gasteiger partial charge in [-0.05, 0) is 97.8 Å². The maximum Gasteiger partial charge on any atom is 0.374 e. The number of carbonyl (C=O) groups excluding carboxylic acids is 1. The van der Waals surface area contributed by atoms with Gasteiger partial charge in [0, 0.05) is 17.5 Å². The maximum absolute atomic E-state index is 13.7. The lowest BCUT2D eigenvalue weighted by Crippen LogP contribution is -2.31. The third-order valence-electron chi connectivity index (χ3n) is 7.30. The third-order valence-corrected chi connectivity index (χ3v) is 7.30. The van der Waals surface area contributed by atoms with Crippen LogP contribution in [0.3, 0.4) is 0 Å². The zero-order chi connectivity index (χ0) is 29.1. The van der Waals surface area contributed by atoms with Gasteiger partial charge in [-0.15, -0.1) is 0 Å². The molecule has 1 heterocycles. The number of amides is 1. The Hall–Kier alpha value is -4.47. The molecule has 41 heavy (non-hydrogen) atoms. The summed E-state index contributed by atoms with van der Waals surface area (Å²) in [5.74, 6) is -6.01. The van der Waals surface area contributed by atoms with Crippen LogP contribution in [0.4, 0.5) is 13.2 Å². The summed E-state index contributed by atoms with van der Waals surface area (Å²) in [6, 6.07) is 16.1. The first-order chi connectivity index (χ1) is 19.6. The van der Waals surface area contributed by atoms with Crippen LogP contribution in [0.2, 0.25) is 0 Å². The Kier molecular flexibility index (Phi) is 7.92. The number of carbonyl (C=O) groups is 2. The molecular formula is C31H28F3N3O4. The number of halogens is 3. The Bertz CT molecular complexity index is 1610. The Labute approximate surface area is 234 Å². The fraction of sp³-hybridized carbons (Fsp3) is 0.290. The van der Waals surface area contributed by atoms with Gasteiger partial charge in [-0.2, -0.15) is 8.78 Å². The molecule has 10 heteroatoms. The molecule has 3 aromatic carbocycles. The number of hydrogen-bond donors (Lipinski definition) is 2. The van der Waals surface area contributed by atoms with Crippen LogP contribution in [0.15, 0.2) is 60.7 Å². The van der Waals surface area contributed by atoms with Crippen molar-refractivity contribution in [2.75, 3.05) is 7.11 Å². The summed E-state index contributed by atoms with van der Waals surface area (Å²) in [5.41, 5.74) is 4.67. The topological polar surface area (TPSA) is 101 Å². The minimum absolute atomic E-state index is 0.0112. The maximum atomic E-state index is 13.7. The minimum atomic E-state index is -3.87. The van der Waals surface area contributed by atoms with E-state index in [2.05, 4.69) is 15.3 Å².